The fourth-order valence-electron chi connectivity index (χ4n) is 2.81. The number of aromatic nitrogens is 2. The molecular formula is C19H15N3O2S2. The van der Waals surface area contributed by atoms with Crippen molar-refractivity contribution in [2.45, 2.75) is 11.4 Å². The number of benzene rings is 2. The molecule has 0 bridgehead atoms. The van der Waals surface area contributed by atoms with E-state index in [2.05, 4.69) is 14.7 Å². The molecule has 0 amide bonds. The van der Waals surface area contributed by atoms with Gasteiger partial charge in [0.15, 0.2) is 0 Å². The second-order valence-corrected chi connectivity index (χ2v) is 8.18. The molecule has 2 heterocycles. The van der Waals surface area contributed by atoms with Crippen molar-refractivity contribution < 1.29 is 8.42 Å². The molecule has 4 rings (SSSR count). The summed E-state index contributed by atoms with van der Waals surface area (Å²) in [6.45, 7) is 0.0740. The van der Waals surface area contributed by atoms with Crippen LogP contribution in [0.1, 0.15) is 5.69 Å². The Hall–Kier alpha value is -2.61. The van der Waals surface area contributed by atoms with E-state index in [1.807, 2.05) is 47.2 Å². The molecule has 2 aromatic carbocycles. The summed E-state index contributed by atoms with van der Waals surface area (Å²) in [6.07, 6.45) is 3.17. The fourth-order valence-corrected chi connectivity index (χ4v) is 4.66. The highest BCUT2D eigenvalue weighted by Gasteiger charge is 2.18. The number of nitrogens with one attached hydrogen (secondary N) is 1. The predicted molar refractivity (Wildman–Crippen MR) is 103 cm³/mol. The standard InChI is InChI=1S/C19H15N3O2S2/c23-26(24,18-7-3-5-14-4-1-2-6-16(14)18)22-12-17-19(21-10-9-20-17)15-8-11-25-13-15/h1-11,13,22H,12H2. The molecule has 0 fully saturated rings. The minimum absolute atomic E-state index is 0.0740. The van der Waals surface area contributed by atoms with Gasteiger partial charge in [-0.3, -0.25) is 9.97 Å². The topological polar surface area (TPSA) is 72.0 Å². The molecule has 4 aromatic rings. The summed E-state index contributed by atoms with van der Waals surface area (Å²) in [5.41, 5.74) is 2.21. The first kappa shape index (κ1) is 16.8. The Kier molecular flexibility index (Phi) is 4.50. The van der Waals surface area contributed by atoms with Gasteiger partial charge in [-0.2, -0.15) is 11.3 Å². The summed E-state index contributed by atoms with van der Waals surface area (Å²) < 4.78 is 28.4. The first-order chi connectivity index (χ1) is 12.6. The Labute approximate surface area is 155 Å². The lowest BCUT2D eigenvalue weighted by Gasteiger charge is -2.11. The third kappa shape index (κ3) is 3.24. The molecule has 0 saturated carbocycles. The molecule has 0 aliphatic heterocycles. The van der Waals surface area contributed by atoms with Gasteiger partial charge in [0.05, 0.1) is 22.8 Å². The predicted octanol–water partition coefficient (Wildman–Crippen LogP) is 3.84. The van der Waals surface area contributed by atoms with Crippen LogP contribution in [0, 0.1) is 0 Å². The van der Waals surface area contributed by atoms with Crippen LogP contribution in [0.5, 0.6) is 0 Å². The Morgan fingerprint density at radius 1 is 0.962 bits per heavy atom. The third-order valence-corrected chi connectivity index (χ3v) is 6.18. The smallest absolute Gasteiger partial charge is 0.241 e. The molecule has 130 valence electrons. The Bertz CT molecular complexity index is 1150. The number of nitrogens with zero attached hydrogens (tertiary/aromatic N) is 2. The third-order valence-electron chi connectivity index (χ3n) is 4.04. The number of thiophene rings is 1. The van der Waals surface area contributed by atoms with Crippen molar-refractivity contribution in [3.63, 3.8) is 0 Å². The molecule has 0 saturated heterocycles. The van der Waals surface area contributed by atoms with Crippen LogP contribution in [0.2, 0.25) is 0 Å². The van der Waals surface area contributed by atoms with Crippen LogP contribution in [-0.4, -0.2) is 18.4 Å². The van der Waals surface area contributed by atoms with Gasteiger partial charge in [0.1, 0.15) is 0 Å². The largest absolute Gasteiger partial charge is 0.256 e. The normalized spacial score (nSPS) is 11.7. The second-order valence-electron chi connectivity index (χ2n) is 5.67. The van der Waals surface area contributed by atoms with E-state index in [4.69, 9.17) is 0 Å². The molecule has 0 radical (unpaired) electrons. The molecule has 0 aliphatic carbocycles. The van der Waals surface area contributed by atoms with E-state index in [1.54, 1.807) is 35.9 Å². The van der Waals surface area contributed by atoms with Gasteiger partial charge >= 0.3 is 0 Å². The lowest BCUT2D eigenvalue weighted by molar-refractivity contribution is 0.581. The van der Waals surface area contributed by atoms with E-state index in [1.165, 1.54) is 0 Å². The number of sulfonamides is 1. The van der Waals surface area contributed by atoms with Crippen LogP contribution >= 0.6 is 11.3 Å². The van der Waals surface area contributed by atoms with Crippen LogP contribution in [0.15, 0.2) is 76.6 Å². The molecule has 7 heteroatoms. The lowest BCUT2D eigenvalue weighted by atomic mass is 10.1. The van der Waals surface area contributed by atoms with Crippen molar-refractivity contribution in [1.82, 2.24) is 14.7 Å². The summed E-state index contributed by atoms with van der Waals surface area (Å²) >= 11 is 1.56. The van der Waals surface area contributed by atoms with Crippen molar-refractivity contribution in [2.24, 2.45) is 0 Å². The van der Waals surface area contributed by atoms with Crippen LogP contribution in [-0.2, 0) is 16.6 Å². The van der Waals surface area contributed by atoms with Gasteiger partial charge in [-0.25, -0.2) is 13.1 Å². The number of fused-ring (bicyclic) bond motifs is 1. The maximum atomic E-state index is 12.9. The van der Waals surface area contributed by atoms with E-state index in [-0.39, 0.29) is 11.4 Å². The summed E-state index contributed by atoms with van der Waals surface area (Å²) in [6, 6.07) is 14.6. The average Bonchev–Trinajstić information content (AvgIpc) is 3.21. The average molecular weight is 381 g/mol. The molecular weight excluding hydrogens is 366 g/mol. The van der Waals surface area contributed by atoms with E-state index in [0.29, 0.717) is 16.8 Å². The zero-order valence-corrected chi connectivity index (χ0v) is 15.3. The van der Waals surface area contributed by atoms with Crippen LogP contribution in [0.3, 0.4) is 0 Å². The number of hydrogen-bond donors (Lipinski definition) is 1. The maximum Gasteiger partial charge on any atom is 0.241 e. The van der Waals surface area contributed by atoms with Crippen molar-refractivity contribution in [3.8, 4) is 11.3 Å². The molecule has 0 spiro atoms. The van der Waals surface area contributed by atoms with Crippen molar-refractivity contribution >= 4 is 32.1 Å². The Morgan fingerprint density at radius 2 is 1.77 bits per heavy atom. The lowest BCUT2D eigenvalue weighted by Crippen LogP contribution is -2.24. The minimum Gasteiger partial charge on any atom is -0.256 e. The monoisotopic (exact) mass is 381 g/mol. The van der Waals surface area contributed by atoms with Crippen molar-refractivity contribution in [2.75, 3.05) is 0 Å². The first-order valence-corrected chi connectivity index (χ1v) is 10.4. The maximum absolute atomic E-state index is 12.9. The molecule has 26 heavy (non-hydrogen) atoms. The summed E-state index contributed by atoms with van der Waals surface area (Å²) in [7, 11) is -3.69. The van der Waals surface area contributed by atoms with E-state index in [0.717, 1.165) is 10.9 Å². The number of hydrogen-bond acceptors (Lipinski definition) is 5. The van der Waals surface area contributed by atoms with Crippen molar-refractivity contribution in [3.05, 3.63) is 77.4 Å². The quantitative estimate of drug-likeness (QED) is 0.570. The van der Waals surface area contributed by atoms with Crippen LogP contribution in [0.4, 0.5) is 0 Å². The first-order valence-electron chi connectivity index (χ1n) is 7.95. The molecule has 0 unspecified atom stereocenters. The zero-order chi connectivity index (χ0) is 18.0. The summed E-state index contributed by atoms with van der Waals surface area (Å²) in [5.74, 6) is 0. The van der Waals surface area contributed by atoms with Gasteiger partial charge < -0.3 is 0 Å². The van der Waals surface area contributed by atoms with E-state index < -0.39 is 10.0 Å². The Balaban J connectivity index is 1.66. The highest BCUT2D eigenvalue weighted by atomic mass is 32.2. The highest BCUT2D eigenvalue weighted by Crippen LogP contribution is 2.24. The molecule has 2 aromatic heterocycles. The zero-order valence-electron chi connectivity index (χ0n) is 13.7. The van der Waals surface area contributed by atoms with Gasteiger partial charge in [-0.15, -0.1) is 0 Å². The molecule has 1 N–H and O–H groups in total. The highest BCUT2D eigenvalue weighted by molar-refractivity contribution is 7.89. The fraction of sp³-hybridized carbons (Fsp3) is 0.0526. The summed E-state index contributed by atoms with van der Waals surface area (Å²) in [4.78, 5) is 8.92. The number of rotatable bonds is 5. The van der Waals surface area contributed by atoms with Gasteiger partial charge in [0, 0.05) is 28.7 Å². The van der Waals surface area contributed by atoms with Gasteiger partial charge in [0.25, 0.3) is 0 Å². The molecule has 0 aliphatic rings. The van der Waals surface area contributed by atoms with Gasteiger partial charge in [-0.1, -0.05) is 36.4 Å². The van der Waals surface area contributed by atoms with E-state index in [9.17, 15) is 8.42 Å². The van der Waals surface area contributed by atoms with Gasteiger partial charge in [0.2, 0.25) is 10.0 Å². The van der Waals surface area contributed by atoms with Gasteiger partial charge in [-0.05, 0) is 22.9 Å². The SMILES string of the molecule is O=S(=O)(NCc1nccnc1-c1ccsc1)c1cccc2ccccc12. The minimum atomic E-state index is -3.69. The Morgan fingerprint density at radius 3 is 2.62 bits per heavy atom. The van der Waals surface area contributed by atoms with Crippen molar-refractivity contribution in [1.29, 1.82) is 0 Å². The van der Waals surface area contributed by atoms with E-state index >= 15 is 0 Å². The molecule has 0 atom stereocenters. The second kappa shape index (κ2) is 6.95. The van der Waals surface area contributed by atoms with Crippen LogP contribution < -0.4 is 4.72 Å². The summed E-state index contributed by atoms with van der Waals surface area (Å²) in [5, 5.41) is 5.49. The molecule has 5 nitrogen and oxygen atoms in total. The van der Waals surface area contributed by atoms with Crippen LogP contribution in [0.25, 0.3) is 22.0 Å².